The molecule has 4 aromatic rings. The molecule has 3 aromatic carbocycles. The number of rotatable bonds is 3. The number of carbonyl (C=O) groups is 1. The molecule has 26 heavy (non-hydrogen) atoms. The van der Waals surface area contributed by atoms with E-state index in [9.17, 15) is 9.59 Å². The average molecular weight is 344 g/mol. The Morgan fingerprint density at radius 3 is 2.69 bits per heavy atom. The molecule has 0 atom stereocenters. The van der Waals surface area contributed by atoms with Gasteiger partial charge in [0.2, 0.25) is 0 Å². The molecule has 4 rings (SSSR count). The highest BCUT2D eigenvalue weighted by molar-refractivity contribution is 6.07. The molecule has 0 aliphatic carbocycles. The molecule has 0 aliphatic rings. The summed E-state index contributed by atoms with van der Waals surface area (Å²) in [4.78, 5) is 24.2. The van der Waals surface area contributed by atoms with Crippen LogP contribution in [0, 0.1) is 6.92 Å². The number of carbonyl (C=O) groups excluding carboxylic acids is 1. The van der Waals surface area contributed by atoms with Crippen LogP contribution in [0.1, 0.15) is 21.5 Å². The van der Waals surface area contributed by atoms with Crippen molar-refractivity contribution < 1.29 is 13.9 Å². The third kappa shape index (κ3) is 2.97. The minimum atomic E-state index is -0.464. The number of aryl methyl sites for hydroxylation is 1. The second-order valence-corrected chi connectivity index (χ2v) is 6.20. The first-order valence-electron chi connectivity index (χ1n) is 8.30. The van der Waals surface area contributed by atoms with E-state index in [1.54, 1.807) is 18.2 Å². The average Bonchev–Trinajstić information content (AvgIpc) is 2.65. The normalized spacial score (nSPS) is 11.0. The van der Waals surface area contributed by atoms with Gasteiger partial charge in [0.15, 0.2) is 0 Å². The molecule has 1 aromatic heterocycles. The summed E-state index contributed by atoms with van der Waals surface area (Å²) in [6.07, 6.45) is 0. The number of benzene rings is 3. The van der Waals surface area contributed by atoms with E-state index < -0.39 is 11.6 Å². The minimum absolute atomic E-state index is 0.00286. The summed E-state index contributed by atoms with van der Waals surface area (Å²) in [6.45, 7) is 1.92. The molecule has 128 valence electrons. The molecule has 0 fully saturated rings. The molecule has 0 aliphatic heterocycles. The van der Waals surface area contributed by atoms with Gasteiger partial charge < -0.3 is 9.15 Å². The Hall–Kier alpha value is -3.40. The predicted molar refractivity (Wildman–Crippen MR) is 100 cm³/mol. The van der Waals surface area contributed by atoms with E-state index in [-0.39, 0.29) is 6.61 Å². The van der Waals surface area contributed by atoms with Gasteiger partial charge in [-0.05, 0) is 35.9 Å². The summed E-state index contributed by atoms with van der Waals surface area (Å²) in [5, 5.41) is 2.77. The van der Waals surface area contributed by atoms with E-state index in [0.29, 0.717) is 16.7 Å². The van der Waals surface area contributed by atoms with Gasteiger partial charge in [0.05, 0.1) is 5.56 Å². The van der Waals surface area contributed by atoms with E-state index in [1.807, 2.05) is 49.4 Å². The van der Waals surface area contributed by atoms with Gasteiger partial charge >= 0.3 is 11.6 Å². The van der Waals surface area contributed by atoms with Crippen molar-refractivity contribution in [3.63, 3.8) is 0 Å². The van der Waals surface area contributed by atoms with E-state index in [4.69, 9.17) is 9.15 Å². The maximum absolute atomic E-state index is 12.3. The topological polar surface area (TPSA) is 56.5 Å². The van der Waals surface area contributed by atoms with E-state index in [1.165, 1.54) is 6.07 Å². The fourth-order valence-electron chi connectivity index (χ4n) is 3.13. The number of hydrogen-bond acceptors (Lipinski definition) is 4. The van der Waals surface area contributed by atoms with E-state index >= 15 is 0 Å². The SMILES string of the molecule is Cc1cccc(C(=O)OCc2cc(=O)oc3ccc4ccccc4c23)c1. The summed E-state index contributed by atoms with van der Waals surface area (Å²) < 4.78 is 10.8. The molecule has 4 nitrogen and oxygen atoms in total. The highest BCUT2D eigenvalue weighted by Crippen LogP contribution is 2.27. The van der Waals surface area contributed by atoms with Crippen molar-refractivity contribution in [3.05, 3.63) is 93.8 Å². The number of fused-ring (bicyclic) bond motifs is 3. The monoisotopic (exact) mass is 344 g/mol. The molecule has 4 heteroatoms. The first-order chi connectivity index (χ1) is 12.6. The molecular weight excluding hydrogens is 328 g/mol. The maximum atomic E-state index is 12.3. The fourth-order valence-corrected chi connectivity index (χ4v) is 3.13. The fraction of sp³-hybridized carbons (Fsp3) is 0.0909. The van der Waals surface area contributed by atoms with Crippen LogP contribution in [0.2, 0.25) is 0 Å². The molecule has 0 spiro atoms. The van der Waals surface area contributed by atoms with E-state index in [2.05, 4.69) is 0 Å². The largest absolute Gasteiger partial charge is 0.457 e. The first kappa shape index (κ1) is 16.1. The lowest BCUT2D eigenvalue weighted by atomic mass is 10.0. The lowest BCUT2D eigenvalue weighted by Gasteiger charge is -2.10. The van der Waals surface area contributed by atoms with Gasteiger partial charge in [0.1, 0.15) is 12.2 Å². The third-order valence-corrected chi connectivity index (χ3v) is 4.33. The quantitative estimate of drug-likeness (QED) is 0.309. The van der Waals surface area contributed by atoms with Crippen molar-refractivity contribution >= 4 is 27.7 Å². The van der Waals surface area contributed by atoms with E-state index in [0.717, 1.165) is 21.7 Å². The van der Waals surface area contributed by atoms with Crippen LogP contribution in [0.3, 0.4) is 0 Å². The van der Waals surface area contributed by atoms with Gasteiger partial charge in [-0.25, -0.2) is 9.59 Å². The zero-order valence-corrected chi connectivity index (χ0v) is 14.2. The smallest absolute Gasteiger partial charge is 0.338 e. The van der Waals surface area contributed by atoms with Gasteiger partial charge in [-0.3, -0.25) is 0 Å². The molecule has 0 saturated carbocycles. The number of hydrogen-bond donors (Lipinski definition) is 0. The molecule has 0 N–H and O–H groups in total. The van der Waals surface area contributed by atoms with Crippen LogP contribution in [0.15, 0.2) is 75.9 Å². The van der Waals surface area contributed by atoms with Gasteiger partial charge in [0, 0.05) is 17.0 Å². The van der Waals surface area contributed by atoms with Crippen LogP contribution in [-0.2, 0) is 11.3 Å². The van der Waals surface area contributed by atoms with Gasteiger partial charge in [-0.1, -0.05) is 48.0 Å². The van der Waals surface area contributed by atoms with Gasteiger partial charge in [-0.15, -0.1) is 0 Å². The highest BCUT2D eigenvalue weighted by atomic mass is 16.5. The summed E-state index contributed by atoms with van der Waals surface area (Å²) in [5.74, 6) is -0.421. The van der Waals surface area contributed by atoms with Gasteiger partial charge in [-0.2, -0.15) is 0 Å². The van der Waals surface area contributed by atoms with Crippen LogP contribution in [-0.4, -0.2) is 5.97 Å². The molecular formula is C22H16O4. The second-order valence-electron chi connectivity index (χ2n) is 6.20. The molecule has 0 amide bonds. The Bertz CT molecular complexity index is 1190. The van der Waals surface area contributed by atoms with Crippen LogP contribution in [0.5, 0.6) is 0 Å². The van der Waals surface area contributed by atoms with Crippen LogP contribution in [0.25, 0.3) is 21.7 Å². The number of ether oxygens (including phenoxy) is 1. The Balaban J connectivity index is 1.75. The lowest BCUT2D eigenvalue weighted by Crippen LogP contribution is -2.08. The zero-order valence-electron chi connectivity index (χ0n) is 14.2. The number of esters is 1. The summed E-state index contributed by atoms with van der Waals surface area (Å²) in [5.41, 5.74) is 2.12. The molecule has 1 heterocycles. The van der Waals surface area contributed by atoms with Crippen molar-refractivity contribution in [1.82, 2.24) is 0 Å². The van der Waals surface area contributed by atoms with Crippen LogP contribution in [0.4, 0.5) is 0 Å². The van der Waals surface area contributed by atoms with Crippen molar-refractivity contribution in [3.8, 4) is 0 Å². The molecule has 0 unspecified atom stereocenters. The van der Waals surface area contributed by atoms with Crippen LogP contribution >= 0.6 is 0 Å². The highest BCUT2D eigenvalue weighted by Gasteiger charge is 2.13. The predicted octanol–water partition coefficient (Wildman–Crippen LogP) is 4.61. The Morgan fingerprint density at radius 1 is 1.00 bits per heavy atom. The molecule has 0 bridgehead atoms. The summed E-state index contributed by atoms with van der Waals surface area (Å²) in [7, 11) is 0. The molecule has 0 radical (unpaired) electrons. The van der Waals surface area contributed by atoms with Crippen molar-refractivity contribution in [2.75, 3.05) is 0 Å². The van der Waals surface area contributed by atoms with Crippen molar-refractivity contribution in [1.29, 1.82) is 0 Å². The van der Waals surface area contributed by atoms with Gasteiger partial charge in [0.25, 0.3) is 0 Å². The minimum Gasteiger partial charge on any atom is -0.457 e. The standard InChI is InChI=1S/C22H16O4/c1-14-5-4-7-16(11-14)22(24)25-13-17-12-20(23)26-19-10-9-15-6-2-3-8-18(15)21(17)19/h2-12H,13H2,1H3. The lowest BCUT2D eigenvalue weighted by molar-refractivity contribution is 0.0474. The summed E-state index contributed by atoms with van der Waals surface area (Å²) in [6, 6.07) is 20.1. The van der Waals surface area contributed by atoms with Crippen molar-refractivity contribution in [2.45, 2.75) is 13.5 Å². The third-order valence-electron chi connectivity index (χ3n) is 4.33. The Morgan fingerprint density at radius 2 is 1.85 bits per heavy atom. The molecule has 0 saturated heterocycles. The Kier molecular flexibility index (Phi) is 4.01. The second kappa shape index (κ2) is 6.48. The first-order valence-corrected chi connectivity index (χ1v) is 8.30. The Labute approximate surface area is 149 Å². The zero-order chi connectivity index (χ0) is 18.1. The van der Waals surface area contributed by atoms with Crippen molar-refractivity contribution in [2.24, 2.45) is 0 Å². The maximum Gasteiger partial charge on any atom is 0.338 e. The van der Waals surface area contributed by atoms with Crippen LogP contribution < -0.4 is 5.63 Å². The summed E-state index contributed by atoms with van der Waals surface area (Å²) >= 11 is 0.